The molecule has 3 rings (SSSR count). The van der Waals surface area contributed by atoms with E-state index in [1.165, 1.54) is 11.3 Å². The van der Waals surface area contributed by atoms with Crippen molar-refractivity contribution in [3.05, 3.63) is 39.8 Å². The zero-order valence-corrected chi connectivity index (χ0v) is 12.1. The number of carbonyl (C=O) groups is 1. The van der Waals surface area contributed by atoms with Gasteiger partial charge in [-0.2, -0.15) is 5.10 Å². The normalized spacial score (nSPS) is 22.4. The lowest BCUT2D eigenvalue weighted by molar-refractivity contribution is 0.0769. The van der Waals surface area contributed by atoms with Crippen molar-refractivity contribution in [3.8, 4) is 0 Å². The summed E-state index contributed by atoms with van der Waals surface area (Å²) in [6.45, 7) is 2.95. The van der Waals surface area contributed by atoms with E-state index < -0.39 is 6.10 Å². The second kappa shape index (κ2) is 5.38. The SMILES string of the molecule is Cc1cc(C[C@@H]2CN(C(=O)c3cccs3)C[C@H]2O)n[nH]1. The standard InChI is InChI=1S/C14H17N3O2S/c1-9-5-11(16-15-9)6-10-7-17(8-12(10)18)14(19)13-3-2-4-20-13/h2-5,10,12,18H,6-8H2,1H3,(H,15,16)/t10-,12-/m1/s1. The number of hydrogen-bond acceptors (Lipinski definition) is 4. The van der Waals surface area contributed by atoms with E-state index in [0.29, 0.717) is 19.5 Å². The fourth-order valence-corrected chi connectivity index (χ4v) is 3.32. The van der Waals surface area contributed by atoms with Crippen LogP contribution in [0.5, 0.6) is 0 Å². The number of β-amino-alcohol motifs (C(OH)–C–C–N with tert-alkyl or cyclic N) is 1. The van der Waals surface area contributed by atoms with Gasteiger partial charge in [0.25, 0.3) is 5.91 Å². The molecule has 106 valence electrons. The molecule has 2 N–H and O–H groups in total. The zero-order chi connectivity index (χ0) is 14.1. The first-order valence-electron chi connectivity index (χ1n) is 6.65. The van der Waals surface area contributed by atoms with E-state index in [1.54, 1.807) is 4.90 Å². The number of H-pyrrole nitrogens is 1. The average molecular weight is 291 g/mol. The highest BCUT2D eigenvalue weighted by atomic mass is 32.1. The summed E-state index contributed by atoms with van der Waals surface area (Å²) in [7, 11) is 0. The van der Waals surface area contributed by atoms with E-state index in [0.717, 1.165) is 16.3 Å². The van der Waals surface area contributed by atoms with Crippen LogP contribution in [0.4, 0.5) is 0 Å². The Kier molecular flexibility index (Phi) is 3.58. The van der Waals surface area contributed by atoms with Crippen LogP contribution in [-0.2, 0) is 6.42 Å². The number of aromatic nitrogens is 2. The summed E-state index contributed by atoms with van der Waals surface area (Å²) in [6.07, 6.45) is 0.218. The molecule has 2 atom stereocenters. The van der Waals surface area contributed by atoms with Gasteiger partial charge in [0.05, 0.1) is 16.7 Å². The van der Waals surface area contributed by atoms with Crippen molar-refractivity contribution < 1.29 is 9.90 Å². The number of carbonyl (C=O) groups excluding carboxylic acids is 1. The average Bonchev–Trinajstić information content (AvgIpc) is 3.12. The van der Waals surface area contributed by atoms with Crippen LogP contribution in [0.15, 0.2) is 23.6 Å². The van der Waals surface area contributed by atoms with Crippen LogP contribution in [0.25, 0.3) is 0 Å². The second-order valence-electron chi connectivity index (χ2n) is 5.26. The number of aliphatic hydroxyl groups excluding tert-OH is 1. The third kappa shape index (κ3) is 2.62. The minimum atomic E-state index is -0.476. The number of aliphatic hydroxyl groups is 1. The molecule has 1 amide bonds. The quantitative estimate of drug-likeness (QED) is 0.899. The molecule has 2 aromatic heterocycles. The number of aryl methyl sites for hydroxylation is 1. The monoisotopic (exact) mass is 291 g/mol. The first-order chi connectivity index (χ1) is 9.63. The summed E-state index contributed by atoms with van der Waals surface area (Å²) in [5.74, 6) is 0.0707. The van der Waals surface area contributed by atoms with Gasteiger partial charge in [-0.1, -0.05) is 6.07 Å². The van der Waals surface area contributed by atoms with Crippen molar-refractivity contribution in [2.24, 2.45) is 5.92 Å². The molecule has 0 radical (unpaired) electrons. The zero-order valence-electron chi connectivity index (χ0n) is 11.2. The Bertz CT molecular complexity index is 593. The van der Waals surface area contributed by atoms with Gasteiger partial charge in [0.1, 0.15) is 0 Å². The first kappa shape index (κ1) is 13.3. The summed E-state index contributed by atoms with van der Waals surface area (Å²) in [6, 6.07) is 5.68. The number of nitrogens with zero attached hydrogens (tertiary/aromatic N) is 2. The Morgan fingerprint density at radius 3 is 3.10 bits per heavy atom. The fourth-order valence-electron chi connectivity index (χ4n) is 2.62. The topological polar surface area (TPSA) is 69.2 Å². The predicted molar refractivity (Wildman–Crippen MR) is 76.7 cm³/mol. The van der Waals surface area contributed by atoms with Gasteiger partial charge < -0.3 is 10.0 Å². The van der Waals surface area contributed by atoms with Crippen LogP contribution in [0.2, 0.25) is 0 Å². The van der Waals surface area contributed by atoms with Crippen molar-refractivity contribution in [1.82, 2.24) is 15.1 Å². The highest BCUT2D eigenvalue weighted by Crippen LogP contribution is 2.24. The summed E-state index contributed by atoms with van der Waals surface area (Å²) >= 11 is 1.44. The molecule has 0 unspecified atom stereocenters. The summed E-state index contributed by atoms with van der Waals surface area (Å²) in [4.78, 5) is 14.7. The molecule has 1 fully saturated rings. The molecule has 2 aromatic rings. The van der Waals surface area contributed by atoms with Gasteiger partial charge in [0.2, 0.25) is 0 Å². The molecule has 0 spiro atoms. The van der Waals surface area contributed by atoms with Crippen molar-refractivity contribution in [2.75, 3.05) is 13.1 Å². The fraction of sp³-hybridized carbons (Fsp3) is 0.429. The molecule has 1 saturated heterocycles. The van der Waals surface area contributed by atoms with Crippen LogP contribution >= 0.6 is 11.3 Å². The number of rotatable bonds is 3. The van der Waals surface area contributed by atoms with Crippen molar-refractivity contribution >= 4 is 17.2 Å². The Hall–Kier alpha value is -1.66. The van der Waals surface area contributed by atoms with Crippen LogP contribution in [0, 0.1) is 12.8 Å². The van der Waals surface area contributed by atoms with Gasteiger partial charge in [0.15, 0.2) is 0 Å². The molecule has 0 aliphatic carbocycles. The van der Waals surface area contributed by atoms with Crippen molar-refractivity contribution in [2.45, 2.75) is 19.4 Å². The smallest absolute Gasteiger partial charge is 0.264 e. The predicted octanol–water partition coefficient (Wildman–Crippen LogP) is 1.46. The molecule has 1 aliphatic rings. The number of amides is 1. The maximum absolute atomic E-state index is 12.3. The van der Waals surface area contributed by atoms with Crippen LogP contribution in [0.3, 0.4) is 0 Å². The maximum Gasteiger partial charge on any atom is 0.264 e. The minimum absolute atomic E-state index is 0.0137. The van der Waals surface area contributed by atoms with E-state index in [4.69, 9.17) is 0 Å². The summed E-state index contributed by atoms with van der Waals surface area (Å²) < 4.78 is 0. The highest BCUT2D eigenvalue weighted by molar-refractivity contribution is 7.12. The Labute approximate surface area is 121 Å². The van der Waals surface area contributed by atoms with E-state index in [-0.39, 0.29) is 11.8 Å². The summed E-state index contributed by atoms with van der Waals surface area (Å²) in [5, 5.41) is 19.1. The van der Waals surface area contributed by atoms with Gasteiger partial charge in [-0.25, -0.2) is 0 Å². The van der Waals surface area contributed by atoms with Crippen LogP contribution in [0.1, 0.15) is 21.1 Å². The lowest BCUT2D eigenvalue weighted by Gasteiger charge is -2.14. The maximum atomic E-state index is 12.3. The number of likely N-dealkylation sites (tertiary alicyclic amines) is 1. The van der Waals surface area contributed by atoms with Gasteiger partial charge >= 0.3 is 0 Å². The Morgan fingerprint density at radius 2 is 2.45 bits per heavy atom. The van der Waals surface area contributed by atoms with E-state index >= 15 is 0 Å². The largest absolute Gasteiger partial charge is 0.391 e. The Balaban J connectivity index is 1.66. The number of thiophene rings is 1. The molecule has 20 heavy (non-hydrogen) atoms. The number of nitrogens with one attached hydrogen (secondary N) is 1. The molecule has 0 aromatic carbocycles. The highest BCUT2D eigenvalue weighted by Gasteiger charge is 2.34. The lowest BCUT2D eigenvalue weighted by atomic mass is 10.0. The van der Waals surface area contributed by atoms with E-state index in [9.17, 15) is 9.90 Å². The molecular formula is C14H17N3O2S. The van der Waals surface area contributed by atoms with Gasteiger partial charge in [0, 0.05) is 24.7 Å². The van der Waals surface area contributed by atoms with Crippen LogP contribution in [-0.4, -0.2) is 45.3 Å². The Morgan fingerprint density at radius 1 is 1.60 bits per heavy atom. The summed E-state index contributed by atoms with van der Waals surface area (Å²) in [5.41, 5.74) is 1.95. The molecule has 0 bridgehead atoms. The first-order valence-corrected chi connectivity index (χ1v) is 7.53. The van der Waals surface area contributed by atoms with E-state index in [1.807, 2.05) is 30.5 Å². The molecular weight excluding hydrogens is 274 g/mol. The number of hydrogen-bond donors (Lipinski definition) is 2. The molecule has 0 saturated carbocycles. The molecule has 6 heteroatoms. The van der Waals surface area contributed by atoms with Gasteiger partial charge in [-0.15, -0.1) is 11.3 Å². The lowest BCUT2D eigenvalue weighted by Crippen LogP contribution is -2.28. The van der Waals surface area contributed by atoms with E-state index in [2.05, 4.69) is 10.2 Å². The molecule has 1 aliphatic heterocycles. The van der Waals surface area contributed by atoms with Gasteiger partial charge in [-0.3, -0.25) is 9.89 Å². The third-order valence-corrected chi connectivity index (χ3v) is 4.51. The minimum Gasteiger partial charge on any atom is -0.391 e. The molecule has 3 heterocycles. The third-order valence-electron chi connectivity index (χ3n) is 3.66. The van der Waals surface area contributed by atoms with Crippen molar-refractivity contribution in [1.29, 1.82) is 0 Å². The van der Waals surface area contributed by atoms with Crippen LogP contribution < -0.4 is 0 Å². The van der Waals surface area contributed by atoms with Crippen molar-refractivity contribution in [3.63, 3.8) is 0 Å². The number of aromatic amines is 1. The second-order valence-corrected chi connectivity index (χ2v) is 6.21. The van der Waals surface area contributed by atoms with Gasteiger partial charge in [-0.05, 0) is 30.9 Å². The molecule has 5 nitrogen and oxygen atoms in total.